The minimum Gasteiger partial charge on any atom is -0.461 e. The summed E-state index contributed by atoms with van der Waals surface area (Å²) in [7, 11) is 0. The van der Waals surface area contributed by atoms with Crippen molar-refractivity contribution in [2.75, 3.05) is 44.3 Å². The summed E-state index contributed by atoms with van der Waals surface area (Å²) in [4.78, 5) is 37.7. The van der Waals surface area contributed by atoms with Crippen molar-refractivity contribution in [3.63, 3.8) is 0 Å². The number of esters is 1. The van der Waals surface area contributed by atoms with Crippen LogP contribution in [0.25, 0.3) is 0 Å². The number of hydrogen-bond donors (Lipinski definition) is 1. The maximum atomic E-state index is 11.9. The van der Waals surface area contributed by atoms with Gasteiger partial charge in [-0.1, -0.05) is 6.58 Å². The second-order valence-corrected chi connectivity index (χ2v) is 6.43. The zero-order chi connectivity index (χ0) is 17.4. The average molecular weight is 344 g/mol. The summed E-state index contributed by atoms with van der Waals surface area (Å²) in [6.07, 6.45) is -0.721. The fraction of sp³-hybridized carbons (Fsp3) is 0.667. The van der Waals surface area contributed by atoms with E-state index in [2.05, 4.69) is 6.58 Å². The lowest BCUT2D eigenvalue weighted by molar-refractivity contribution is -0.156. The molecule has 1 heterocycles. The quantitative estimate of drug-likeness (QED) is 0.272. The van der Waals surface area contributed by atoms with Crippen LogP contribution >= 0.6 is 11.8 Å². The minimum absolute atomic E-state index is 0.140. The molecular formula is C15H24N2O5S. The van der Waals surface area contributed by atoms with E-state index in [0.717, 1.165) is 0 Å². The van der Waals surface area contributed by atoms with Gasteiger partial charge in [-0.3, -0.25) is 9.59 Å². The fourth-order valence-electron chi connectivity index (χ4n) is 2.03. The number of thioether (sulfide) groups is 1. The second kappa shape index (κ2) is 9.57. The molecule has 1 aliphatic rings. The molecule has 23 heavy (non-hydrogen) atoms. The highest BCUT2D eigenvalue weighted by Gasteiger charge is 2.32. The van der Waals surface area contributed by atoms with Crippen LogP contribution in [0.4, 0.5) is 0 Å². The van der Waals surface area contributed by atoms with Gasteiger partial charge in [-0.15, -0.1) is 0 Å². The maximum absolute atomic E-state index is 11.9. The molecule has 1 aliphatic heterocycles. The number of piperazine rings is 1. The van der Waals surface area contributed by atoms with E-state index in [1.54, 1.807) is 6.92 Å². The number of carbonyl (C=O) groups is 3. The number of aliphatic hydroxyl groups excluding tert-OH is 1. The topological polar surface area (TPSA) is 87.2 Å². The maximum Gasteiger partial charge on any atom is 0.333 e. The Balaban J connectivity index is 2.23. The van der Waals surface area contributed by atoms with Crippen molar-refractivity contribution in [2.24, 2.45) is 0 Å². The van der Waals surface area contributed by atoms with Crippen molar-refractivity contribution < 1.29 is 24.2 Å². The first kappa shape index (κ1) is 19.5. The SMILES string of the molecule is C=C(C)C(=O)OCCSCC(O)CN1CCN(CC)C(=O)C1=O. The van der Waals surface area contributed by atoms with Gasteiger partial charge in [0.05, 0.1) is 6.10 Å². The summed E-state index contributed by atoms with van der Waals surface area (Å²) < 4.78 is 4.93. The Morgan fingerprint density at radius 3 is 2.57 bits per heavy atom. The molecule has 1 fully saturated rings. The van der Waals surface area contributed by atoms with E-state index >= 15 is 0 Å². The van der Waals surface area contributed by atoms with Crippen LogP contribution in [0.1, 0.15) is 13.8 Å². The van der Waals surface area contributed by atoms with Gasteiger partial charge < -0.3 is 19.6 Å². The van der Waals surface area contributed by atoms with Gasteiger partial charge in [0.2, 0.25) is 0 Å². The van der Waals surface area contributed by atoms with Crippen molar-refractivity contribution in [1.82, 2.24) is 9.80 Å². The molecule has 130 valence electrons. The highest BCUT2D eigenvalue weighted by Crippen LogP contribution is 2.09. The Labute approximate surface area is 140 Å². The zero-order valence-electron chi connectivity index (χ0n) is 13.6. The van der Waals surface area contributed by atoms with Crippen LogP contribution in [0.3, 0.4) is 0 Å². The van der Waals surface area contributed by atoms with Crippen LogP contribution in [-0.2, 0) is 19.1 Å². The van der Waals surface area contributed by atoms with E-state index in [0.29, 0.717) is 36.7 Å². The van der Waals surface area contributed by atoms with Gasteiger partial charge in [0.1, 0.15) is 6.61 Å². The fourth-order valence-corrected chi connectivity index (χ4v) is 2.78. The molecule has 0 aromatic heterocycles. The molecule has 0 aromatic rings. The number of rotatable bonds is 9. The van der Waals surface area contributed by atoms with Gasteiger partial charge in [-0.25, -0.2) is 4.79 Å². The molecule has 0 saturated carbocycles. The number of amides is 2. The van der Waals surface area contributed by atoms with E-state index in [9.17, 15) is 19.5 Å². The van der Waals surface area contributed by atoms with Gasteiger partial charge >= 0.3 is 17.8 Å². The van der Waals surface area contributed by atoms with E-state index < -0.39 is 23.9 Å². The Bertz CT molecular complexity index is 469. The molecule has 0 aliphatic carbocycles. The molecule has 0 aromatic carbocycles. The Morgan fingerprint density at radius 1 is 1.35 bits per heavy atom. The third-order valence-corrected chi connectivity index (χ3v) is 4.41. The van der Waals surface area contributed by atoms with Crippen LogP contribution in [0.5, 0.6) is 0 Å². The largest absolute Gasteiger partial charge is 0.461 e. The smallest absolute Gasteiger partial charge is 0.333 e. The summed E-state index contributed by atoms with van der Waals surface area (Å²) in [5, 5.41) is 9.96. The second-order valence-electron chi connectivity index (χ2n) is 5.28. The summed E-state index contributed by atoms with van der Waals surface area (Å²) in [6, 6.07) is 0. The number of likely N-dealkylation sites (N-methyl/N-ethyl adjacent to an activating group) is 1. The zero-order valence-corrected chi connectivity index (χ0v) is 14.4. The molecule has 0 bridgehead atoms. The highest BCUT2D eigenvalue weighted by molar-refractivity contribution is 7.99. The van der Waals surface area contributed by atoms with Crippen LogP contribution in [0.15, 0.2) is 12.2 Å². The Kier molecular flexibility index (Phi) is 8.11. The van der Waals surface area contributed by atoms with Crippen molar-refractivity contribution in [3.05, 3.63) is 12.2 Å². The lowest BCUT2D eigenvalue weighted by Gasteiger charge is -2.34. The predicted molar refractivity (Wildman–Crippen MR) is 87.9 cm³/mol. The van der Waals surface area contributed by atoms with Crippen LogP contribution < -0.4 is 0 Å². The number of hydrogen-bond acceptors (Lipinski definition) is 6. The third-order valence-electron chi connectivity index (χ3n) is 3.33. The van der Waals surface area contributed by atoms with E-state index in [1.165, 1.54) is 21.6 Å². The summed E-state index contributed by atoms with van der Waals surface area (Å²) in [5.41, 5.74) is 0.351. The lowest BCUT2D eigenvalue weighted by Crippen LogP contribution is -2.55. The van der Waals surface area contributed by atoms with E-state index in [4.69, 9.17) is 4.74 Å². The number of carbonyl (C=O) groups excluding carboxylic acids is 3. The lowest BCUT2D eigenvalue weighted by atomic mass is 10.2. The Morgan fingerprint density at radius 2 is 1.96 bits per heavy atom. The first-order valence-corrected chi connectivity index (χ1v) is 8.68. The number of ether oxygens (including phenoxy) is 1. The normalized spacial score (nSPS) is 16.5. The van der Waals surface area contributed by atoms with Crippen LogP contribution in [0, 0.1) is 0 Å². The summed E-state index contributed by atoms with van der Waals surface area (Å²) in [5.74, 6) is -0.543. The first-order valence-electron chi connectivity index (χ1n) is 7.53. The summed E-state index contributed by atoms with van der Waals surface area (Å²) in [6.45, 7) is 8.73. The van der Waals surface area contributed by atoms with Crippen LogP contribution in [0.2, 0.25) is 0 Å². The van der Waals surface area contributed by atoms with Gasteiger partial charge in [-0.05, 0) is 13.8 Å². The van der Waals surface area contributed by atoms with Crippen molar-refractivity contribution in [1.29, 1.82) is 0 Å². The molecule has 1 N–H and O–H groups in total. The van der Waals surface area contributed by atoms with Crippen molar-refractivity contribution in [3.8, 4) is 0 Å². The molecule has 0 radical (unpaired) electrons. The van der Waals surface area contributed by atoms with Gasteiger partial charge in [0, 0.05) is 43.3 Å². The molecule has 1 rings (SSSR count). The monoisotopic (exact) mass is 344 g/mol. The van der Waals surface area contributed by atoms with Crippen molar-refractivity contribution in [2.45, 2.75) is 20.0 Å². The van der Waals surface area contributed by atoms with Gasteiger partial charge in [-0.2, -0.15) is 11.8 Å². The van der Waals surface area contributed by atoms with E-state index in [1.807, 2.05) is 6.92 Å². The standard InChI is InChI=1S/C15H24N2O5S/c1-4-16-5-6-17(14(20)13(16)19)9-12(18)10-23-8-7-22-15(21)11(2)3/h12,18H,2,4-10H2,1,3H3. The van der Waals surface area contributed by atoms with E-state index in [-0.39, 0.29) is 13.2 Å². The third kappa shape index (κ3) is 6.23. The number of β-amino-alcohol motifs (C(OH)–C–C–N with tert-alkyl or cyclic N) is 1. The Hall–Kier alpha value is -1.54. The molecule has 1 saturated heterocycles. The first-order chi connectivity index (χ1) is 10.9. The highest BCUT2D eigenvalue weighted by atomic mass is 32.2. The average Bonchev–Trinajstić information content (AvgIpc) is 2.51. The molecule has 2 amide bonds. The van der Waals surface area contributed by atoms with Gasteiger partial charge in [0.25, 0.3) is 0 Å². The molecular weight excluding hydrogens is 320 g/mol. The molecule has 7 nitrogen and oxygen atoms in total. The summed E-state index contributed by atoms with van der Waals surface area (Å²) >= 11 is 1.42. The van der Waals surface area contributed by atoms with Crippen LogP contribution in [-0.4, -0.2) is 83.1 Å². The molecule has 0 spiro atoms. The molecule has 1 atom stereocenters. The van der Waals surface area contributed by atoms with Gasteiger partial charge in [0.15, 0.2) is 0 Å². The number of nitrogens with zero attached hydrogens (tertiary/aromatic N) is 2. The number of aliphatic hydroxyl groups is 1. The minimum atomic E-state index is -0.721. The molecule has 1 unspecified atom stereocenters. The molecule has 8 heteroatoms. The predicted octanol–water partition coefficient (Wildman–Crippen LogP) is -0.109. The van der Waals surface area contributed by atoms with Crippen molar-refractivity contribution >= 4 is 29.5 Å².